The molecule has 0 radical (unpaired) electrons. The highest BCUT2D eigenvalue weighted by Crippen LogP contribution is 2.31. The molecule has 0 bridgehead atoms. The minimum Gasteiger partial charge on any atom is -0.495 e. The Kier molecular flexibility index (Phi) is 7.49. The molecule has 6 nitrogen and oxygen atoms in total. The number of sulfonamides is 1. The van der Waals surface area contributed by atoms with E-state index in [9.17, 15) is 13.2 Å². The van der Waals surface area contributed by atoms with Gasteiger partial charge in [0.25, 0.3) is 0 Å². The van der Waals surface area contributed by atoms with Crippen molar-refractivity contribution in [1.82, 2.24) is 4.31 Å². The quantitative estimate of drug-likeness (QED) is 0.685. The van der Waals surface area contributed by atoms with Crippen molar-refractivity contribution in [3.8, 4) is 5.75 Å². The highest BCUT2D eigenvalue weighted by molar-refractivity contribution is 7.89. The third kappa shape index (κ3) is 5.13. The number of nitrogens with one attached hydrogen (secondary N) is 1. The number of halogens is 2. The molecule has 0 unspecified atom stereocenters. The van der Waals surface area contributed by atoms with Crippen LogP contribution in [0.4, 0.5) is 5.69 Å². The van der Waals surface area contributed by atoms with Gasteiger partial charge in [-0.2, -0.15) is 4.31 Å². The molecule has 0 aliphatic rings. The van der Waals surface area contributed by atoms with E-state index in [0.717, 1.165) is 4.31 Å². The number of nitrogens with zero attached hydrogens (tertiary/aromatic N) is 1. The lowest BCUT2D eigenvalue weighted by Gasteiger charge is -2.22. The van der Waals surface area contributed by atoms with Crippen molar-refractivity contribution in [3.05, 3.63) is 52.5 Å². The van der Waals surface area contributed by atoms with E-state index in [1.165, 1.54) is 25.3 Å². The molecule has 146 valence electrons. The van der Waals surface area contributed by atoms with Gasteiger partial charge in [0.05, 0.1) is 29.4 Å². The molecule has 1 amide bonds. The average molecular weight is 431 g/mol. The fourth-order valence-corrected chi connectivity index (χ4v) is 4.68. The van der Waals surface area contributed by atoms with Crippen LogP contribution in [0.1, 0.15) is 13.3 Å². The summed E-state index contributed by atoms with van der Waals surface area (Å²) in [6.07, 6.45) is 0.527. The molecule has 0 aliphatic carbocycles. The van der Waals surface area contributed by atoms with E-state index in [0.29, 0.717) is 17.9 Å². The molecule has 2 rings (SSSR count). The molecule has 0 fully saturated rings. The maximum absolute atomic E-state index is 13.0. The second-order valence-electron chi connectivity index (χ2n) is 5.64. The predicted molar refractivity (Wildman–Crippen MR) is 107 cm³/mol. The van der Waals surface area contributed by atoms with Crippen LogP contribution in [0.15, 0.2) is 47.4 Å². The van der Waals surface area contributed by atoms with E-state index >= 15 is 0 Å². The normalized spacial score (nSPS) is 11.4. The van der Waals surface area contributed by atoms with Crippen molar-refractivity contribution in [3.63, 3.8) is 0 Å². The Morgan fingerprint density at radius 3 is 2.52 bits per heavy atom. The van der Waals surface area contributed by atoms with Crippen molar-refractivity contribution < 1.29 is 17.9 Å². The highest BCUT2D eigenvalue weighted by atomic mass is 35.5. The zero-order valence-electron chi connectivity index (χ0n) is 14.9. The summed E-state index contributed by atoms with van der Waals surface area (Å²) < 4.78 is 32.2. The monoisotopic (exact) mass is 430 g/mol. The zero-order valence-corrected chi connectivity index (χ0v) is 17.2. The van der Waals surface area contributed by atoms with Crippen LogP contribution in [0.3, 0.4) is 0 Å². The van der Waals surface area contributed by atoms with Crippen molar-refractivity contribution in [2.45, 2.75) is 18.2 Å². The fourth-order valence-electron chi connectivity index (χ4n) is 2.45. The standard InChI is InChI=1S/C18H20Cl2N2O4S/c1-3-11-22(27(24,25)16-10-6-7-13(19)18(16)20)12-17(23)21-14-8-4-5-9-15(14)26-2/h4-10H,3,11-12H2,1-2H3,(H,21,23). The molecule has 0 heterocycles. The molecule has 0 aliphatic heterocycles. The Labute approximate surface area is 169 Å². The van der Waals surface area contributed by atoms with Gasteiger partial charge in [-0.15, -0.1) is 0 Å². The number of para-hydroxylation sites is 2. The Morgan fingerprint density at radius 1 is 1.15 bits per heavy atom. The SMILES string of the molecule is CCCN(CC(=O)Nc1ccccc1OC)S(=O)(=O)c1cccc(Cl)c1Cl. The zero-order chi connectivity index (χ0) is 20.0. The van der Waals surface area contributed by atoms with Gasteiger partial charge in [-0.1, -0.05) is 48.3 Å². The molecular formula is C18H20Cl2N2O4S. The second-order valence-corrected chi connectivity index (χ2v) is 8.33. The van der Waals surface area contributed by atoms with E-state index in [1.807, 2.05) is 6.92 Å². The fraction of sp³-hybridized carbons (Fsp3) is 0.278. The number of hydrogen-bond acceptors (Lipinski definition) is 4. The first-order valence-corrected chi connectivity index (χ1v) is 10.4. The van der Waals surface area contributed by atoms with Crippen molar-refractivity contribution in [1.29, 1.82) is 0 Å². The Morgan fingerprint density at radius 2 is 1.85 bits per heavy atom. The lowest BCUT2D eigenvalue weighted by Crippen LogP contribution is -2.38. The van der Waals surface area contributed by atoms with Gasteiger partial charge in [0.15, 0.2) is 0 Å². The van der Waals surface area contributed by atoms with Crippen LogP contribution in [0.5, 0.6) is 5.75 Å². The Hall–Kier alpha value is -1.80. The van der Waals surface area contributed by atoms with Gasteiger partial charge in [-0.25, -0.2) is 8.42 Å². The Balaban J connectivity index is 2.26. The molecule has 0 saturated heterocycles. The van der Waals surface area contributed by atoms with Crippen molar-refractivity contribution >= 4 is 44.8 Å². The van der Waals surface area contributed by atoms with Crippen molar-refractivity contribution in [2.75, 3.05) is 25.5 Å². The number of amides is 1. The number of ether oxygens (including phenoxy) is 1. The van der Waals surface area contributed by atoms with Gasteiger partial charge in [-0.3, -0.25) is 4.79 Å². The molecule has 0 saturated carbocycles. The summed E-state index contributed by atoms with van der Waals surface area (Å²) in [6.45, 7) is 1.61. The van der Waals surface area contributed by atoms with Gasteiger partial charge < -0.3 is 10.1 Å². The summed E-state index contributed by atoms with van der Waals surface area (Å²) in [6, 6.07) is 11.2. The molecule has 1 N–H and O–H groups in total. The summed E-state index contributed by atoms with van der Waals surface area (Å²) in [5.41, 5.74) is 0.458. The van der Waals surface area contributed by atoms with Crippen LogP contribution >= 0.6 is 23.2 Å². The van der Waals surface area contributed by atoms with E-state index in [2.05, 4.69) is 5.32 Å². The second kappa shape index (κ2) is 9.41. The van der Waals surface area contributed by atoms with Gasteiger partial charge in [0, 0.05) is 6.54 Å². The van der Waals surface area contributed by atoms with Crippen LogP contribution in [-0.2, 0) is 14.8 Å². The van der Waals surface area contributed by atoms with Crippen LogP contribution in [0.2, 0.25) is 10.0 Å². The third-order valence-electron chi connectivity index (χ3n) is 3.71. The van der Waals surface area contributed by atoms with Crippen LogP contribution in [0.25, 0.3) is 0 Å². The number of carbonyl (C=O) groups is 1. The molecular weight excluding hydrogens is 411 g/mol. The van der Waals surface area contributed by atoms with Crippen LogP contribution in [0, 0.1) is 0 Å². The van der Waals surface area contributed by atoms with Crippen LogP contribution < -0.4 is 10.1 Å². The molecule has 0 atom stereocenters. The lowest BCUT2D eigenvalue weighted by atomic mass is 10.3. The summed E-state index contributed by atoms with van der Waals surface area (Å²) in [7, 11) is -2.51. The molecule has 27 heavy (non-hydrogen) atoms. The van der Waals surface area contributed by atoms with Crippen LogP contribution in [-0.4, -0.2) is 38.8 Å². The predicted octanol–water partition coefficient (Wildman–Crippen LogP) is 4.04. The maximum atomic E-state index is 13.0. The highest BCUT2D eigenvalue weighted by Gasteiger charge is 2.29. The lowest BCUT2D eigenvalue weighted by molar-refractivity contribution is -0.116. The topological polar surface area (TPSA) is 75.7 Å². The number of rotatable bonds is 8. The summed E-state index contributed by atoms with van der Waals surface area (Å²) in [5, 5.41) is 2.74. The first-order chi connectivity index (χ1) is 12.8. The largest absolute Gasteiger partial charge is 0.495 e. The minimum atomic E-state index is -3.99. The van der Waals surface area contributed by atoms with E-state index in [1.54, 1.807) is 24.3 Å². The smallest absolute Gasteiger partial charge is 0.245 e. The molecule has 2 aromatic carbocycles. The number of methoxy groups -OCH3 is 1. The summed E-state index contributed by atoms with van der Waals surface area (Å²) >= 11 is 12.0. The minimum absolute atomic E-state index is 0.0644. The third-order valence-corrected chi connectivity index (χ3v) is 6.53. The number of hydrogen-bond donors (Lipinski definition) is 1. The van der Waals surface area contributed by atoms with Gasteiger partial charge in [0.2, 0.25) is 15.9 Å². The number of anilines is 1. The Bertz CT molecular complexity index is 919. The number of carbonyl (C=O) groups excluding carboxylic acids is 1. The van der Waals surface area contributed by atoms with Crippen molar-refractivity contribution in [2.24, 2.45) is 0 Å². The molecule has 0 aromatic heterocycles. The summed E-state index contributed by atoms with van der Waals surface area (Å²) in [5.74, 6) is -0.0108. The van der Waals surface area contributed by atoms with E-state index in [-0.39, 0.29) is 28.0 Å². The first kappa shape index (κ1) is 21.5. The van der Waals surface area contributed by atoms with E-state index in [4.69, 9.17) is 27.9 Å². The van der Waals surface area contributed by atoms with Gasteiger partial charge >= 0.3 is 0 Å². The summed E-state index contributed by atoms with van der Waals surface area (Å²) in [4.78, 5) is 12.3. The first-order valence-electron chi connectivity index (χ1n) is 8.18. The molecule has 0 spiro atoms. The molecule has 2 aromatic rings. The average Bonchev–Trinajstić information content (AvgIpc) is 2.64. The number of benzene rings is 2. The maximum Gasteiger partial charge on any atom is 0.245 e. The molecule has 9 heteroatoms. The van der Waals surface area contributed by atoms with Gasteiger partial charge in [-0.05, 0) is 30.7 Å². The van der Waals surface area contributed by atoms with Gasteiger partial charge in [0.1, 0.15) is 10.6 Å². The van der Waals surface area contributed by atoms with E-state index < -0.39 is 15.9 Å².